The lowest BCUT2D eigenvalue weighted by Gasteiger charge is -2.23. The molecule has 0 heterocycles. The van der Waals surface area contributed by atoms with Gasteiger partial charge in [-0.25, -0.2) is 0 Å². The van der Waals surface area contributed by atoms with Gasteiger partial charge in [0.2, 0.25) is 0 Å². The molecule has 3 aromatic carbocycles. The summed E-state index contributed by atoms with van der Waals surface area (Å²) in [6, 6.07) is 20.5. The number of carboxylic acid groups (broad SMARTS) is 1. The Morgan fingerprint density at radius 1 is 1.03 bits per heavy atom. The molecule has 0 fully saturated rings. The van der Waals surface area contributed by atoms with Crippen molar-refractivity contribution in [3.8, 4) is 16.9 Å². The molecule has 33 heavy (non-hydrogen) atoms. The van der Waals surface area contributed by atoms with Crippen LogP contribution in [0.1, 0.15) is 42.3 Å². The summed E-state index contributed by atoms with van der Waals surface area (Å²) >= 11 is 6.07. The minimum atomic E-state index is -1.07. The van der Waals surface area contributed by atoms with Crippen LogP contribution in [0.3, 0.4) is 0 Å². The van der Waals surface area contributed by atoms with Gasteiger partial charge in [-0.2, -0.15) is 0 Å². The predicted molar refractivity (Wildman–Crippen MR) is 131 cm³/mol. The topological polar surface area (TPSA) is 66.8 Å². The number of hydrogen-bond acceptors (Lipinski definition) is 3. The quantitative estimate of drug-likeness (QED) is 0.415. The Hall–Kier alpha value is -3.31. The molecule has 1 N–H and O–H groups in total. The van der Waals surface area contributed by atoms with Crippen molar-refractivity contribution in [1.82, 2.24) is 4.90 Å². The van der Waals surface area contributed by atoms with Crippen LogP contribution >= 0.6 is 11.6 Å². The number of carboxylic acids is 1. The molecule has 0 atom stereocenters. The number of aryl methyl sites for hydroxylation is 1. The van der Waals surface area contributed by atoms with E-state index in [4.69, 9.17) is 16.3 Å². The number of aliphatic carboxylic acids is 1. The third-order valence-electron chi connectivity index (χ3n) is 5.15. The highest BCUT2D eigenvalue weighted by molar-refractivity contribution is 6.30. The Labute approximate surface area is 199 Å². The van der Waals surface area contributed by atoms with Crippen molar-refractivity contribution in [1.29, 1.82) is 0 Å². The van der Waals surface area contributed by atoms with E-state index in [1.165, 1.54) is 4.90 Å². The minimum Gasteiger partial charge on any atom is -0.490 e. The van der Waals surface area contributed by atoms with Crippen LogP contribution in [0.5, 0.6) is 5.75 Å². The molecular formula is C27H28ClNO4. The summed E-state index contributed by atoms with van der Waals surface area (Å²) in [6.45, 7) is 5.69. The second-order valence-corrected chi connectivity index (χ2v) is 8.51. The van der Waals surface area contributed by atoms with Gasteiger partial charge in [-0.05, 0) is 61.2 Å². The zero-order valence-electron chi connectivity index (χ0n) is 19.0. The van der Waals surface area contributed by atoms with Crippen LogP contribution in [0.2, 0.25) is 5.02 Å². The fraction of sp³-hybridized carbons (Fsp3) is 0.259. The average molecular weight is 466 g/mol. The molecule has 1 amide bonds. The predicted octanol–water partition coefficient (Wildman–Crippen LogP) is 6.08. The van der Waals surface area contributed by atoms with Gasteiger partial charge in [-0.15, -0.1) is 0 Å². The summed E-state index contributed by atoms with van der Waals surface area (Å²) in [6.07, 6.45) is 0.661. The van der Waals surface area contributed by atoms with E-state index in [9.17, 15) is 14.7 Å². The van der Waals surface area contributed by atoms with Crippen molar-refractivity contribution in [3.63, 3.8) is 0 Å². The first kappa shape index (κ1) is 24.3. The van der Waals surface area contributed by atoms with Crippen LogP contribution in [0.4, 0.5) is 0 Å². The van der Waals surface area contributed by atoms with E-state index in [2.05, 4.69) is 0 Å². The third-order valence-corrected chi connectivity index (χ3v) is 5.39. The summed E-state index contributed by atoms with van der Waals surface area (Å²) in [7, 11) is 0. The highest BCUT2D eigenvalue weighted by atomic mass is 35.5. The second kappa shape index (κ2) is 11.0. The number of nitrogens with zero attached hydrogens (tertiary/aromatic N) is 1. The van der Waals surface area contributed by atoms with Crippen LogP contribution < -0.4 is 4.74 Å². The zero-order chi connectivity index (χ0) is 24.0. The van der Waals surface area contributed by atoms with Gasteiger partial charge in [-0.1, -0.05) is 61.0 Å². The van der Waals surface area contributed by atoms with Crippen molar-refractivity contribution in [2.75, 3.05) is 6.54 Å². The van der Waals surface area contributed by atoms with Crippen LogP contribution in [0.25, 0.3) is 11.1 Å². The Kier molecular flexibility index (Phi) is 8.12. The van der Waals surface area contributed by atoms with Crippen molar-refractivity contribution in [3.05, 3.63) is 88.4 Å². The molecule has 5 nitrogen and oxygen atoms in total. The molecule has 6 heteroatoms. The third kappa shape index (κ3) is 6.36. The Bertz CT molecular complexity index is 1140. The van der Waals surface area contributed by atoms with Crippen LogP contribution in [0.15, 0.2) is 66.7 Å². The maximum Gasteiger partial charge on any atom is 0.323 e. The fourth-order valence-corrected chi connectivity index (χ4v) is 3.93. The molecule has 0 aliphatic carbocycles. The first-order valence-electron chi connectivity index (χ1n) is 10.9. The highest BCUT2D eigenvalue weighted by Crippen LogP contribution is 2.32. The molecule has 0 saturated heterocycles. The van der Waals surface area contributed by atoms with Gasteiger partial charge >= 0.3 is 5.97 Å². The number of amides is 1. The van der Waals surface area contributed by atoms with Gasteiger partial charge in [0.05, 0.1) is 6.10 Å². The molecule has 0 saturated carbocycles. The second-order valence-electron chi connectivity index (χ2n) is 8.07. The Morgan fingerprint density at radius 2 is 1.79 bits per heavy atom. The molecule has 3 aromatic rings. The molecule has 172 valence electrons. The Balaban J connectivity index is 1.96. The fourth-order valence-electron chi connectivity index (χ4n) is 3.71. The molecular weight excluding hydrogens is 438 g/mol. The molecule has 0 aliphatic rings. The van der Waals surface area contributed by atoms with E-state index in [0.717, 1.165) is 28.0 Å². The maximum absolute atomic E-state index is 13.4. The van der Waals surface area contributed by atoms with E-state index < -0.39 is 12.5 Å². The average Bonchev–Trinajstić information content (AvgIpc) is 2.77. The van der Waals surface area contributed by atoms with Crippen molar-refractivity contribution in [2.24, 2.45) is 0 Å². The normalized spacial score (nSPS) is 10.8. The summed E-state index contributed by atoms with van der Waals surface area (Å²) in [4.78, 5) is 26.2. The number of carbonyl (C=O) groups is 2. The lowest BCUT2D eigenvalue weighted by atomic mass is 9.96. The standard InChI is InChI=1S/C27H28ClNO4/c1-4-20-15-21(23-10-5-6-11-25(23)33-18(2)3)12-13-24(20)27(32)29(17-26(30)31)16-19-8-7-9-22(28)14-19/h5-15,18H,4,16-17H2,1-3H3,(H,30,31). The number of ether oxygens (including phenoxy) is 1. The van der Waals surface area contributed by atoms with E-state index in [0.29, 0.717) is 17.0 Å². The number of carbonyl (C=O) groups excluding carboxylic acids is 1. The lowest BCUT2D eigenvalue weighted by Crippen LogP contribution is -2.35. The van der Waals surface area contributed by atoms with Gasteiger partial charge < -0.3 is 14.7 Å². The molecule has 0 aliphatic heterocycles. The molecule has 0 radical (unpaired) electrons. The molecule has 3 rings (SSSR count). The summed E-state index contributed by atoms with van der Waals surface area (Å²) < 4.78 is 5.96. The number of rotatable bonds is 9. The first-order valence-corrected chi connectivity index (χ1v) is 11.3. The van der Waals surface area contributed by atoms with Crippen molar-refractivity contribution < 1.29 is 19.4 Å². The number of halogens is 1. The lowest BCUT2D eigenvalue weighted by molar-refractivity contribution is -0.137. The van der Waals surface area contributed by atoms with E-state index >= 15 is 0 Å². The largest absolute Gasteiger partial charge is 0.490 e. The van der Waals surface area contributed by atoms with E-state index in [1.807, 2.05) is 63.2 Å². The smallest absolute Gasteiger partial charge is 0.323 e. The molecule has 0 bridgehead atoms. The zero-order valence-corrected chi connectivity index (χ0v) is 19.8. The minimum absolute atomic E-state index is 0.0358. The molecule has 0 spiro atoms. The molecule has 0 unspecified atom stereocenters. The van der Waals surface area contributed by atoms with Gasteiger partial charge in [-0.3, -0.25) is 9.59 Å². The van der Waals surface area contributed by atoms with Crippen LogP contribution in [-0.2, 0) is 17.8 Å². The van der Waals surface area contributed by atoms with Gasteiger partial charge in [0.1, 0.15) is 12.3 Å². The maximum atomic E-state index is 13.4. The summed E-state index contributed by atoms with van der Waals surface area (Å²) in [5, 5.41) is 9.94. The van der Waals surface area contributed by atoms with Gasteiger partial charge in [0.15, 0.2) is 0 Å². The highest BCUT2D eigenvalue weighted by Gasteiger charge is 2.22. The van der Waals surface area contributed by atoms with E-state index in [-0.39, 0.29) is 18.6 Å². The number of para-hydroxylation sites is 1. The Morgan fingerprint density at radius 3 is 2.45 bits per heavy atom. The monoisotopic (exact) mass is 465 g/mol. The number of hydrogen-bond donors (Lipinski definition) is 1. The summed E-state index contributed by atoms with van der Waals surface area (Å²) in [5.41, 5.74) is 4.00. The SMILES string of the molecule is CCc1cc(-c2ccccc2OC(C)C)ccc1C(=O)N(CC(=O)O)Cc1cccc(Cl)c1. The van der Waals surface area contributed by atoms with E-state index in [1.54, 1.807) is 24.3 Å². The van der Waals surface area contributed by atoms with Crippen LogP contribution in [-0.4, -0.2) is 34.5 Å². The molecule has 0 aromatic heterocycles. The van der Waals surface area contributed by atoms with Crippen molar-refractivity contribution >= 4 is 23.5 Å². The first-order chi connectivity index (χ1) is 15.8. The summed E-state index contributed by atoms with van der Waals surface area (Å²) in [5.74, 6) is -0.616. The van der Waals surface area contributed by atoms with Crippen molar-refractivity contribution in [2.45, 2.75) is 39.8 Å². The van der Waals surface area contributed by atoms with Gasteiger partial charge in [0, 0.05) is 22.7 Å². The number of benzene rings is 3. The van der Waals surface area contributed by atoms with Gasteiger partial charge in [0.25, 0.3) is 5.91 Å². The van der Waals surface area contributed by atoms with Crippen LogP contribution in [0, 0.1) is 0 Å².